The summed E-state index contributed by atoms with van der Waals surface area (Å²) < 4.78 is 0. The summed E-state index contributed by atoms with van der Waals surface area (Å²) in [5, 5.41) is 18.9. The topological polar surface area (TPSA) is 40.5 Å². The standard InChI is InChI=1S/C10H20O2/c1-2-3-9(11)6-7-10(12)8-4-5-8/h8-12H,2-7H2,1H3. The van der Waals surface area contributed by atoms with Crippen molar-refractivity contribution < 1.29 is 10.2 Å². The molecule has 2 atom stereocenters. The Morgan fingerprint density at radius 1 is 1.17 bits per heavy atom. The Kier molecular flexibility index (Phi) is 4.02. The van der Waals surface area contributed by atoms with Gasteiger partial charge in [-0.3, -0.25) is 0 Å². The SMILES string of the molecule is CCCC(O)CCC(O)C1CC1. The number of rotatable bonds is 6. The summed E-state index contributed by atoms with van der Waals surface area (Å²) in [4.78, 5) is 0. The van der Waals surface area contributed by atoms with Crippen LogP contribution in [0.1, 0.15) is 45.4 Å². The van der Waals surface area contributed by atoms with E-state index in [-0.39, 0.29) is 12.2 Å². The van der Waals surface area contributed by atoms with Crippen LogP contribution >= 0.6 is 0 Å². The van der Waals surface area contributed by atoms with Gasteiger partial charge in [-0.05, 0) is 38.0 Å². The summed E-state index contributed by atoms with van der Waals surface area (Å²) >= 11 is 0. The fourth-order valence-corrected chi connectivity index (χ4v) is 1.56. The molecule has 0 aromatic heterocycles. The maximum Gasteiger partial charge on any atom is 0.0569 e. The van der Waals surface area contributed by atoms with Gasteiger partial charge in [-0.1, -0.05) is 13.3 Å². The van der Waals surface area contributed by atoms with E-state index in [1.165, 1.54) is 12.8 Å². The number of hydrogen-bond donors (Lipinski definition) is 2. The van der Waals surface area contributed by atoms with Gasteiger partial charge in [0.05, 0.1) is 12.2 Å². The smallest absolute Gasteiger partial charge is 0.0569 e. The van der Waals surface area contributed by atoms with Crippen molar-refractivity contribution in [2.24, 2.45) is 5.92 Å². The molecular weight excluding hydrogens is 152 g/mol. The minimum Gasteiger partial charge on any atom is -0.393 e. The van der Waals surface area contributed by atoms with Gasteiger partial charge >= 0.3 is 0 Å². The lowest BCUT2D eigenvalue weighted by atomic mass is 10.0. The first kappa shape index (κ1) is 10.0. The van der Waals surface area contributed by atoms with Crippen LogP contribution in [0.2, 0.25) is 0 Å². The molecule has 0 spiro atoms. The lowest BCUT2D eigenvalue weighted by molar-refractivity contribution is 0.0968. The third-order valence-electron chi connectivity index (χ3n) is 2.58. The van der Waals surface area contributed by atoms with Crippen molar-refractivity contribution in [1.29, 1.82) is 0 Å². The van der Waals surface area contributed by atoms with Crippen LogP contribution in [0.4, 0.5) is 0 Å². The van der Waals surface area contributed by atoms with E-state index in [9.17, 15) is 10.2 Å². The van der Waals surface area contributed by atoms with Gasteiger partial charge in [-0.2, -0.15) is 0 Å². The quantitative estimate of drug-likeness (QED) is 0.640. The van der Waals surface area contributed by atoms with Crippen molar-refractivity contribution >= 4 is 0 Å². The minimum atomic E-state index is -0.191. The third-order valence-corrected chi connectivity index (χ3v) is 2.58. The number of hydrogen-bond acceptors (Lipinski definition) is 2. The van der Waals surface area contributed by atoms with Crippen LogP contribution in [0.5, 0.6) is 0 Å². The summed E-state index contributed by atoms with van der Waals surface area (Å²) in [6, 6.07) is 0. The van der Waals surface area contributed by atoms with Gasteiger partial charge < -0.3 is 10.2 Å². The first-order chi connectivity index (χ1) is 5.74. The highest BCUT2D eigenvalue weighted by Gasteiger charge is 2.29. The zero-order valence-electron chi connectivity index (χ0n) is 7.87. The largest absolute Gasteiger partial charge is 0.393 e. The molecule has 2 unspecified atom stereocenters. The molecular formula is C10H20O2. The molecule has 2 N–H and O–H groups in total. The molecule has 1 rings (SSSR count). The van der Waals surface area contributed by atoms with Gasteiger partial charge in [0.1, 0.15) is 0 Å². The fourth-order valence-electron chi connectivity index (χ4n) is 1.56. The van der Waals surface area contributed by atoms with Gasteiger partial charge in [-0.25, -0.2) is 0 Å². The van der Waals surface area contributed by atoms with E-state index in [0.29, 0.717) is 5.92 Å². The van der Waals surface area contributed by atoms with E-state index in [1.807, 2.05) is 0 Å². The molecule has 1 aliphatic carbocycles. The predicted molar refractivity (Wildman–Crippen MR) is 48.9 cm³/mol. The van der Waals surface area contributed by atoms with E-state index in [1.54, 1.807) is 0 Å². The molecule has 0 aliphatic heterocycles. The number of aliphatic hydroxyl groups excluding tert-OH is 2. The minimum absolute atomic E-state index is 0.142. The molecule has 0 aromatic carbocycles. The molecule has 2 heteroatoms. The number of aliphatic hydroxyl groups is 2. The normalized spacial score (nSPS) is 22.2. The monoisotopic (exact) mass is 172 g/mol. The molecule has 0 bridgehead atoms. The van der Waals surface area contributed by atoms with Gasteiger partial charge in [0.25, 0.3) is 0 Å². The van der Waals surface area contributed by atoms with Crippen LogP contribution in [0.25, 0.3) is 0 Å². The molecule has 0 amide bonds. The third kappa shape index (κ3) is 3.55. The van der Waals surface area contributed by atoms with Crippen LogP contribution in [-0.2, 0) is 0 Å². The highest BCUT2D eigenvalue weighted by molar-refractivity contribution is 4.81. The van der Waals surface area contributed by atoms with Gasteiger partial charge in [0, 0.05) is 0 Å². The van der Waals surface area contributed by atoms with Crippen LogP contribution in [0.15, 0.2) is 0 Å². The van der Waals surface area contributed by atoms with Crippen molar-refractivity contribution in [2.45, 2.75) is 57.7 Å². The molecule has 1 aliphatic rings. The Bertz CT molecular complexity index is 121. The van der Waals surface area contributed by atoms with E-state index in [2.05, 4.69) is 6.92 Å². The Morgan fingerprint density at radius 3 is 2.33 bits per heavy atom. The van der Waals surface area contributed by atoms with Crippen LogP contribution in [0.3, 0.4) is 0 Å². The van der Waals surface area contributed by atoms with Gasteiger partial charge in [-0.15, -0.1) is 0 Å². The first-order valence-corrected chi connectivity index (χ1v) is 5.10. The summed E-state index contributed by atoms with van der Waals surface area (Å²) in [7, 11) is 0. The second kappa shape index (κ2) is 4.83. The lowest BCUT2D eigenvalue weighted by Crippen LogP contribution is -2.14. The van der Waals surface area contributed by atoms with Crippen molar-refractivity contribution in [3.63, 3.8) is 0 Å². The molecule has 0 saturated heterocycles. The molecule has 2 nitrogen and oxygen atoms in total. The molecule has 1 saturated carbocycles. The maximum absolute atomic E-state index is 9.49. The van der Waals surface area contributed by atoms with Crippen LogP contribution < -0.4 is 0 Å². The summed E-state index contributed by atoms with van der Waals surface area (Å²) in [6.07, 6.45) is 5.49. The zero-order valence-corrected chi connectivity index (χ0v) is 7.87. The van der Waals surface area contributed by atoms with Crippen molar-refractivity contribution in [3.05, 3.63) is 0 Å². The van der Waals surface area contributed by atoms with Crippen molar-refractivity contribution in [2.75, 3.05) is 0 Å². The average Bonchev–Trinajstić information content (AvgIpc) is 2.83. The Labute approximate surface area is 74.6 Å². The first-order valence-electron chi connectivity index (χ1n) is 5.10. The molecule has 0 radical (unpaired) electrons. The fraction of sp³-hybridized carbons (Fsp3) is 1.00. The Hall–Kier alpha value is -0.0800. The Morgan fingerprint density at radius 2 is 1.83 bits per heavy atom. The second-order valence-corrected chi connectivity index (χ2v) is 3.92. The molecule has 0 aromatic rings. The van der Waals surface area contributed by atoms with Crippen LogP contribution in [-0.4, -0.2) is 22.4 Å². The maximum atomic E-state index is 9.49. The predicted octanol–water partition coefficient (Wildman–Crippen LogP) is 1.70. The highest BCUT2D eigenvalue weighted by atomic mass is 16.3. The van der Waals surface area contributed by atoms with Crippen molar-refractivity contribution in [1.82, 2.24) is 0 Å². The van der Waals surface area contributed by atoms with Crippen LogP contribution in [0, 0.1) is 5.92 Å². The van der Waals surface area contributed by atoms with Gasteiger partial charge in [0.2, 0.25) is 0 Å². The molecule has 1 fully saturated rings. The lowest BCUT2D eigenvalue weighted by Gasteiger charge is -2.12. The average molecular weight is 172 g/mol. The second-order valence-electron chi connectivity index (χ2n) is 3.92. The summed E-state index contributed by atoms with van der Waals surface area (Å²) in [5.41, 5.74) is 0. The van der Waals surface area contributed by atoms with E-state index < -0.39 is 0 Å². The van der Waals surface area contributed by atoms with Gasteiger partial charge in [0.15, 0.2) is 0 Å². The molecule has 72 valence electrons. The Balaban J connectivity index is 1.99. The van der Waals surface area contributed by atoms with Crippen molar-refractivity contribution in [3.8, 4) is 0 Å². The molecule has 0 heterocycles. The summed E-state index contributed by atoms with van der Waals surface area (Å²) in [5.74, 6) is 0.554. The van der Waals surface area contributed by atoms with E-state index >= 15 is 0 Å². The zero-order chi connectivity index (χ0) is 8.97. The summed E-state index contributed by atoms with van der Waals surface area (Å²) in [6.45, 7) is 2.07. The van der Waals surface area contributed by atoms with E-state index in [0.717, 1.165) is 25.7 Å². The highest BCUT2D eigenvalue weighted by Crippen LogP contribution is 2.34. The molecule has 12 heavy (non-hydrogen) atoms. The van der Waals surface area contributed by atoms with E-state index in [4.69, 9.17) is 0 Å².